The predicted molar refractivity (Wildman–Crippen MR) is 58.7 cm³/mol. The van der Waals surface area contributed by atoms with Gasteiger partial charge in [-0.25, -0.2) is 4.79 Å². The Labute approximate surface area is 93.2 Å². The molecule has 0 radical (unpaired) electrons. The van der Waals surface area contributed by atoms with E-state index in [1.165, 1.54) is 0 Å². The van der Waals surface area contributed by atoms with Crippen LogP contribution in [0.3, 0.4) is 0 Å². The average molecular weight is 220 g/mol. The van der Waals surface area contributed by atoms with Gasteiger partial charge in [0.05, 0.1) is 5.57 Å². The number of carbonyl (C=O) groups is 2. The standard InChI is InChI=1S/C12H12O4/c1-8(12(14)15)9(2)16-11-5-3-10(7-13)4-6-11/h3-7,9H,1H2,2H3,(H,14,15). The summed E-state index contributed by atoms with van der Waals surface area (Å²) in [5.41, 5.74) is 0.525. The molecule has 1 aromatic carbocycles. The molecule has 0 amide bonds. The summed E-state index contributed by atoms with van der Waals surface area (Å²) in [6.45, 7) is 5.00. The van der Waals surface area contributed by atoms with E-state index < -0.39 is 12.1 Å². The molecule has 4 heteroatoms. The van der Waals surface area contributed by atoms with E-state index >= 15 is 0 Å². The largest absolute Gasteiger partial charge is 0.486 e. The van der Waals surface area contributed by atoms with Gasteiger partial charge in [0.1, 0.15) is 18.1 Å². The highest BCUT2D eigenvalue weighted by molar-refractivity contribution is 5.86. The van der Waals surface area contributed by atoms with Crippen molar-refractivity contribution < 1.29 is 19.4 Å². The Morgan fingerprint density at radius 3 is 2.44 bits per heavy atom. The summed E-state index contributed by atoms with van der Waals surface area (Å²) in [6, 6.07) is 6.40. The van der Waals surface area contributed by atoms with Crippen molar-refractivity contribution in [3.63, 3.8) is 0 Å². The molecular weight excluding hydrogens is 208 g/mol. The van der Waals surface area contributed by atoms with Crippen LogP contribution in [-0.2, 0) is 4.79 Å². The van der Waals surface area contributed by atoms with Gasteiger partial charge in [-0.05, 0) is 31.2 Å². The van der Waals surface area contributed by atoms with Gasteiger partial charge in [-0.3, -0.25) is 4.79 Å². The van der Waals surface area contributed by atoms with E-state index in [-0.39, 0.29) is 5.57 Å². The quantitative estimate of drug-likeness (QED) is 0.608. The molecule has 0 aliphatic rings. The highest BCUT2D eigenvalue weighted by Gasteiger charge is 2.14. The number of hydrogen-bond donors (Lipinski definition) is 1. The highest BCUT2D eigenvalue weighted by Crippen LogP contribution is 2.15. The minimum Gasteiger partial charge on any atom is -0.486 e. The topological polar surface area (TPSA) is 63.6 Å². The Kier molecular flexibility index (Phi) is 3.83. The zero-order valence-corrected chi connectivity index (χ0v) is 8.84. The van der Waals surface area contributed by atoms with E-state index in [9.17, 15) is 9.59 Å². The van der Waals surface area contributed by atoms with E-state index in [2.05, 4.69) is 6.58 Å². The van der Waals surface area contributed by atoms with Crippen molar-refractivity contribution in [1.82, 2.24) is 0 Å². The molecule has 84 valence electrons. The molecule has 1 N–H and O–H groups in total. The van der Waals surface area contributed by atoms with Gasteiger partial charge in [-0.2, -0.15) is 0 Å². The molecule has 1 atom stereocenters. The fourth-order valence-electron chi connectivity index (χ4n) is 1.07. The van der Waals surface area contributed by atoms with Crippen LogP contribution in [0.25, 0.3) is 0 Å². The van der Waals surface area contributed by atoms with E-state index in [0.29, 0.717) is 11.3 Å². The highest BCUT2D eigenvalue weighted by atomic mass is 16.5. The van der Waals surface area contributed by atoms with Crippen molar-refractivity contribution in [3.05, 3.63) is 42.0 Å². The fourth-order valence-corrected chi connectivity index (χ4v) is 1.07. The fraction of sp³-hybridized carbons (Fsp3) is 0.167. The summed E-state index contributed by atoms with van der Waals surface area (Å²) in [5.74, 6) is -0.586. The Morgan fingerprint density at radius 2 is 2.00 bits per heavy atom. The summed E-state index contributed by atoms with van der Waals surface area (Å²) in [5, 5.41) is 8.69. The van der Waals surface area contributed by atoms with Crippen molar-refractivity contribution >= 4 is 12.3 Å². The van der Waals surface area contributed by atoms with Crippen LogP contribution in [0.1, 0.15) is 17.3 Å². The number of ether oxygens (including phenoxy) is 1. The third kappa shape index (κ3) is 2.95. The molecule has 4 nitrogen and oxygen atoms in total. The van der Waals surface area contributed by atoms with Gasteiger partial charge >= 0.3 is 5.97 Å². The molecule has 0 bridgehead atoms. The van der Waals surface area contributed by atoms with Crippen LogP contribution in [0.4, 0.5) is 0 Å². The minimum atomic E-state index is -1.09. The molecule has 1 rings (SSSR count). The molecule has 1 aromatic rings. The Bertz CT molecular complexity index is 406. The molecule has 16 heavy (non-hydrogen) atoms. The first-order valence-corrected chi connectivity index (χ1v) is 4.68. The zero-order chi connectivity index (χ0) is 12.1. The third-order valence-corrected chi connectivity index (χ3v) is 2.09. The number of aldehydes is 1. The SMILES string of the molecule is C=C(C(=O)O)C(C)Oc1ccc(C=O)cc1. The lowest BCUT2D eigenvalue weighted by Crippen LogP contribution is -2.20. The summed E-state index contributed by atoms with van der Waals surface area (Å²) >= 11 is 0. The third-order valence-electron chi connectivity index (χ3n) is 2.09. The number of carbonyl (C=O) groups excluding carboxylic acids is 1. The van der Waals surface area contributed by atoms with Crippen LogP contribution < -0.4 is 4.74 Å². The van der Waals surface area contributed by atoms with Crippen LogP contribution in [0, 0.1) is 0 Å². The molecule has 0 spiro atoms. The molecule has 0 saturated heterocycles. The number of benzene rings is 1. The summed E-state index contributed by atoms with van der Waals surface area (Å²) in [6.07, 6.45) is 0.114. The molecule has 0 aliphatic carbocycles. The van der Waals surface area contributed by atoms with Crippen LogP contribution in [0.2, 0.25) is 0 Å². The molecule has 0 heterocycles. The first-order chi connectivity index (χ1) is 7.54. The Balaban J connectivity index is 2.69. The second kappa shape index (κ2) is 5.11. The van der Waals surface area contributed by atoms with Crippen LogP contribution in [0.15, 0.2) is 36.4 Å². The second-order valence-electron chi connectivity index (χ2n) is 3.28. The van der Waals surface area contributed by atoms with Gasteiger partial charge in [-0.15, -0.1) is 0 Å². The predicted octanol–water partition coefficient (Wildman–Crippen LogP) is 1.91. The maximum absolute atomic E-state index is 10.6. The van der Waals surface area contributed by atoms with Crippen LogP contribution in [0.5, 0.6) is 5.75 Å². The van der Waals surface area contributed by atoms with Gasteiger partial charge in [0.2, 0.25) is 0 Å². The van der Waals surface area contributed by atoms with Gasteiger partial charge in [-0.1, -0.05) is 6.58 Å². The van der Waals surface area contributed by atoms with Crippen molar-refractivity contribution in [2.75, 3.05) is 0 Å². The van der Waals surface area contributed by atoms with E-state index in [1.807, 2.05) is 0 Å². The summed E-state index contributed by atoms with van der Waals surface area (Å²) < 4.78 is 5.34. The molecule has 0 fully saturated rings. The lowest BCUT2D eigenvalue weighted by Gasteiger charge is -2.14. The first kappa shape index (κ1) is 12.0. The molecule has 0 aliphatic heterocycles. The average Bonchev–Trinajstić information content (AvgIpc) is 2.28. The van der Waals surface area contributed by atoms with Crippen molar-refractivity contribution in [2.45, 2.75) is 13.0 Å². The van der Waals surface area contributed by atoms with E-state index in [1.54, 1.807) is 31.2 Å². The second-order valence-corrected chi connectivity index (χ2v) is 3.28. The van der Waals surface area contributed by atoms with Gasteiger partial charge < -0.3 is 9.84 Å². The smallest absolute Gasteiger partial charge is 0.334 e. The first-order valence-electron chi connectivity index (χ1n) is 4.68. The number of carboxylic acids is 1. The van der Waals surface area contributed by atoms with Gasteiger partial charge in [0.25, 0.3) is 0 Å². The number of hydrogen-bond acceptors (Lipinski definition) is 3. The maximum Gasteiger partial charge on any atom is 0.334 e. The van der Waals surface area contributed by atoms with Crippen molar-refractivity contribution in [3.8, 4) is 5.75 Å². The molecule has 0 saturated carbocycles. The molecular formula is C12H12O4. The zero-order valence-electron chi connectivity index (χ0n) is 8.84. The normalized spacial score (nSPS) is 11.6. The van der Waals surface area contributed by atoms with Crippen LogP contribution in [-0.4, -0.2) is 23.5 Å². The van der Waals surface area contributed by atoms with Crippen molar-refractivity contribution in [1.29, 1.82) is 0 Å². The van der Waals surface area contributed by atoms with E-state index in [0.717, 1.165) is 6.29 Å². The summed E-state index contributed by atoms with van der Waals surface area (Å²) in [7, 11) is 0. The number of aliphatic carboxylic acids is 1. The number of rotatable bonds is 5. The monoisotopic (exact) mass is 220 g/mol. The molecule has 1 unspecified atom stereocenters. The Morgan fingerprint density at radius 1 is 1.44 bits per heavy atom. The maximum atomic E-state index is 10.6. The number of carboxylic acid groups (broad SMARTS) is 1. The molecule has 0 aromatic heterocycles. The summed E-state index contributed by atoms with van der Waals surface area (Å²) in [4.78, 5) is 21.0. The van der Waals surface area contributed by atoms with Crippen LogP contribution >= 0.6 is 0 Å². The lowest BCUT2D eigenvalue weighted by atomic mass is 10.2. The Hall–Kier alpha value is -2.10. The minimum absolute atomic E-state index is 0.0144. The lowest BCUT2D eigenvalue weighted by molar-refractivity contribution is -0.133. The van der Waals surface area contributed by atoms with Gasteiger partial charge in [0, 0.05) is 5.56 Å². The van der Waals surface area contributed by atoms with Gasteiger partial charge in [0.15, 0.2) is 0 Å². The van der Waals surface area contributed by atoms with Crippen molar-refractivity contribution in [2.24, 2.45) is 0 Å². The van der Waals surface area contributed by atoms with E-state index in [4.69, 9.17) is 9.84 Å².